The number of nitrogens with one attached hydrogen (secondary N) is 1. The number of aliphatic carboxylic acids is 1. The van der Waals surface area contributed by atoms with Crippen molar-refractivity contribution in [2.75, 3.05) is 6.61 Å². The summed E-state index contributed by atoms with van der Waals surface area (Å²) in [6, 6.07) is 14.3. The van der Waals surface area contributed by atoms with Gasteiger partial charge in [0.1, 0.15) is 11.5 Å². The number of amides is 1. The first-order valence-corrected chi connectivity index (χ1v) is 8.83. The topological polar surface area (TPSA) is 84.9 Å². The number of benzene rings is 2. The fraction of sp³-hybridized carbons (Fsp3) is 0.333. The Morgan fingerprint density at radius 1 is 1.04 bits per heavy atom. The first-order chi connectivity index (χ1) is 12.8. The molecule has 1 amide bonds. The van der Waals surface area contributed by atoms with Gasteiger partial charge in [-0.15, -0.1) is 0 Å². The van der Waals surface area contributed by atoms with Crippen LogP contribution in [0.2, 0.25) is 0 Å². The SMILES string of the molecule is CC(C)Oc1cccc(CC(=O)NC(C)c2ccc(OCC(=O)O)cc2)c1. The van der Waals surface area contributed by atoms with Crippen molar-refractivity contribution in [3.05, 3.63) is 59.7 Å². The zero-order valence-corrected chi connectivity index (χ0v) is 15.8. The van der Waals surface area contributed by atoms with Crippen LogP contribution < -0.4 is 14.8 Å². The van der Waals surface area contributed by atoms with Gasteiger partial charge in [0.15, 0.2) is 6.61 Å². The second-order valence-corrected chi connectivity index (χ2v) is 6.53. The normalized spacial score (nSPS) is 11.7. The molecular weight excluding hydrogens is 346 g/mol. The molecule has 0 saturated carbocycles. The summed E-state index contributed by atoms with van der Waals surface area (Å²) < 4.78 is 10.8. The van der Waals surface area contributed by atoms with Crippen LogP contribution in [0, 0.1) is 0 Å². The molecule has 0 aliphatic carbocycles. The highest BCUT2D eigenvalue weighted by Gasteiger charge is 2.11. The quantitative estimate of drug-likeness (QED) is 0.706. The van der Waals surface area contributed by atoms with E-state index in [0.717, 1.165) is 16.9 Å². The maximum Gasteiger partial charge on any atom is 0.341 e. The highest BCUT2D eigenvalue weighted by Crippen LogP contribution is 2.19. The van der Waals surface area contributed by atoms with E-state index in [1.807, 2.05) is 45.0 Å². The summed E-state index contributed by atoms with van der Waals surface area (Å²) in [6.45, 7) is 5.42. The van der Waals surface area contributed by atoms with Crippen LogP contribution in [-0.2, 0) is 16.0 Å². The van der Waals surface area contributed by atoms with E-state index in [1.54, 1.807) is 24.3 Å². The maximum absolute atomic E-state index is 12.3. The number of ether oxygens (including phenoxy) is 2. The third-order valence-corrected chi connectivity index (χ3v) is 3.75. The van der Waals surface area contributed by atoms with Crippen LogP contribution in [0.4, 0.5) is 0 Å². The Bertz CT molecular complexity index is 770. The molecule has 2 N–H and O–H groups in total. The minimum atomic E-state index is -1.03. The molecule has 0 bridgehead atoms. The van der Waals surface area contributed by atoms with Gasteiger partial charge in [0, 0.05) is 0 Å². The Morgan fingerprint density at radius 3 is 2.37 bits per heavy atom. The zero-order chi connectivity index (χ0) is 19.8. The fourth-order valence-corrected chi connectivity index (χ4v) is 2.56. The zero-order valence-electron chi connectivity index (χ0n) is 15.8. The largest absolute Gasteiger partial charge is 0.491 e. The van der Waals surface area contributed by atoms with Crippen LogP contribution in [0.1, 0.15) is 37.9 Å². The van der Waals surface area contributed by atoms with E-state index >= 15 is 0 Å². The van der Waals surface area contributed by atoms with Gasteiger partial charge < -0.3 is 19.9 Å². The summed E-state index contributed by atoms with van der Waals surface area (Å²) in [5, 5.41) is 11.6. The summed E-state index contributed by atoms with van der Waals surface area (Å²) in [4.78, 5) is 22.8. The third kappa shape index (κ3) is 7.01. The van der Waals surface area contributed by atoms with Gasteiger partial charge in [-0.3, -0.25) is 4.79 Å². The molecule has 0 fully saturated rings. The molecule has 6 heteroatoms. The van der Waals surface area contributed by atoms with Crippen molar-refractivity contribution in [3.8, 4) is 11.5 Å². The van der Waals surface area contributed by atoms with E-state index in [4.69, 9.17) is 14.6 Å². The Hall–Kier alpha value is -3.02. The summed E-state index contributed by atoms with van der Waals surface area (Å²) >= 11 is 0. The van der Waals surface area contributed by atoms with Crippen molar-refractivity contribution in [2.45, 2.75) is 39.3 Å². The van der Waals surface area contributed by atoms with Crippen LogP contribution in [-0.4, -0.2) is 29.7 Å². The fourth-order valence-electron chi connectivity index (χ4n) is 2.56. The van der Waals surface area contributed by atoms with Gasteiger partial charge in [-0.05, 0) is 56.2 Å². The van der Waals surface area contributed by atoms with E-state index in [1.165, 1.54) is 0 Å². The molecule has 2 aromatic rings. The van der Waals surface area contributed by atoms with Gasteiger partial charge in [0.2, 0.25) is 5.91 Å². The number of hydrogen-bond donors (Lipinski definition) is 2. The lowest BCUT2D eigenvalue weighted by Gasteiger charge is -2.15. The first kappa shape index (κ1) is 20.3. The van der Waals surface area contributed by atoms with Crippen molar-refractivity contribution < 1.29 is 24.2 Å². The van der Waals surface area contributed by atoms with Crippen molar-refractivity contribution >= 4 is 11.9 Å². The van der Waals surface area contributed by atoms with Crippen LogP contribution in [0.3, 0.4) is 0 Å². The van der Waals surface area contributed by atoms with Gasteiger partial charge >= 0.3 is 5.97 Å². The van der Waals surface area contributed by atoms with Crippen molar-refractivity contribution in [1.29, 1.82) is 0 Å². The molecule has 0 spiro atoms. The second kappa shape index (κ2) is 9.62. The molecule has 1 atom stereocenters. The minimum absolute atomic E-state index is 0.0801. The van der Waals surface area contributed by atoms with Crippen LogP contribution >= 0.6 is 0 Å². The molecule has 2 aromatic carbocycles. The monoisotopic (exact) mass is 371 g/mol. The standard InChI is InChI=1S/C21H25NO5/c1-14(2)27-19-6-4-5-16(11-19)12-20(23)22-15(3)17-7-9-18(10-8-17)26-13-21(24)25/h4-11,14-15H,12-13H2,1-3H3,(H,22,23)(H,24,25). The Labute approximate surface area is 159 Å². The van der Waals surface area contributed by atoms with E-state index in [9.17, 15) is 9.59 Å². The maximum atomic E-state index is 12.3. The van der Waals surface area contributed by atoms with E-state index < -0.39 is 5.97 Å². The molecule has 27 heavy (non-hydrogen) atoms. The lowest BCUT2D eigenvalue weighted by molar-refractivity contribution is -0.139. The van der Waals surface area contributed by atoms with Crippen molar-refractivity contribution in [3.63, 3.8) is 0 Å². The highest BCUT2D eigenvalue weighted by molar-refractivity contribution is 5.79. The van der Waals surface area contributed by atoms with Crippen LogP contribution in [0.15, 0.2) is 48.5 Å². The minimum Gasteiger partial charge on any atom is -0.491 e. The van der Waals surface area contributed by atoms with E-state index in [0.29, 0.717) is 5.75 Å². The summed E-state index contributed by atoms with van der Waals surface area (Å²) in [6.07, 6.45) is 0.343. The van der Waals surface area contributed by atoms with Gasteiger partial charge in [0.25, 0.3) is 0 Å². The van der Waals surface area contributed by atoms with Gasteiger partial charge in [-0.25, -0.2) is 4.79 Å². The number of carbonyl (C=O) groups excluding carboxylic acids is 1. The third-order valence-electron chi connectivity index (χ3n) is 3.75. The average Bonchev–Trinajstić information content (AvgIpc) is 2.60. The Morgan fingerprint density at radius 2 is 1.74 bits per heavy atom. The number of carboxylic acid groups (broad SMARTS) is 1. The number of carbonyl (C=O) groups is 2. The van der Waals surface area contributed by atoms with E-state index in [-0.39, 0.29) is 31.1 Å². The lowest BCUT2D eigenvalue weighted by atomic mass is 10.1. The highest BCUT2D eigenvalue weighted by atomic mass is 16.5. The summed E-state index contributed by atoms with van der Waals surface area (Å²) in [5.74, 6) is 0.111. The Balaban J connectivity index is 1.90. The molecule has 6 nitrogen and oxygen atoms in total. The molecular formula is C21H25NO5. The summed E-state index contributed by atoms with van der Waals surface area (Å²) in [7, 11) is 0. The molecule has 0 saturated heterocycles. The Kier molecular flexibility index (Phi) is 7.23. The van der Waals surface area contributed by atoms with Gasteiger partial charge in [-0.1, -0.05) is 24.3 Å². The van der Waals surface area contributed by atoms with Crippen LogP contribution in [0.5, 0.6) is 11.5 Å². The van der Waals surface area contributed by atoms with E-state index in [2.05, 4.69) is 5.32 Å². The first-order valence-electron chi connectivity index (χ1n) is 8.83. The van der Waals surface area contributed by atoms with Crippen molar-refractivity contribution in [1.82, 2.24) is 5.32 Å². The predicted molar refractivity (Wildman–Crippen MR) is 102 cm³/mol. The van der Waals surface area contributed by atoms with Gasteiger partial charge in [-0.2, -0.15) is 0 Å². The smallest absolute Gasteiger partial charge is 0.341 e. The number of carboxylic acids is 1. The number of rotatable bonds is 9. The average molecular weight is 371 g/mol. The molecule has 0 radical (unpaired) electrons. The molecule has 2 rings (SSSR count). The summed E-state index contributed by atoms with van der Waals surface area (Å²) in [5.41, 5.74) is 1.79. The number of hydrogen-bond acceptors (Lipinski definition) is 4. The molecule has 0 aliphatic rings. The molecule has 0 aliphatic heterocycles. The molecule has 1 unspecified atom stereocenters. The van der Waals surface area contributed by atoms with Crippen molar-refractivity contribution in [2.24, 2.45) is 0 Å². The lowest BCUT2D eigenvalue weighted by Crippen LogP contribution is -2.28. The molecule has 144 valence electrons. The molecule has 0 aromatic heterocycles. The second-order valence-electron chi connectivity index (χ2n) is 6.53. The van der Waals surface area contributed by atoms with Gasteiger partial charge in [0.05, 0.1) is 18.6 Å². The molecule has 0 heterocycles. The van der Waals surface area contributed by atoms with Crippen LogP contribution in [0.25, 0.3) is 0 Å². The predicted octanol–water partition coefficient (Wildman–Crippen LogP) is 3.36.